The Morgan fingerprint density at radius 3 is 2.50 bits per heavy atom. The minimum absolute atomic E-state index is 0.00373. The van der Waals surface area contributed by atoms with E-state index in [2.05, 4.69) is 17.0 Å². The van der Waals surface area contributed by atoms with E-state index in [-0.39, 0.29) is 32.5 Å². The van der Waals surface area contributed by atoms with Gasteiger partial charge in [-0.15, -0.1) is 0 Å². The van der Waals surface area contributed by atoms with Crippen LogP contribution in [0.4, 0.5) is 30.2 Å². The summed E-state index contributed by atoms with van der Waals surface area (Å²) in [5.41, 5.74) is 2.04. The van der Waals surface area contributed by atoms with Gasteiger partial charge >= 0.3 is 12.1 Å². The van der Waals surface area contributed by atoms with Crippen molar-refractivity contribution < 1.29 is 22.7 Å². The summed E-state index contributed by atoms with van der Waals surface area (Å²) < 4.78 is 43.9. The van der Waals surface area contributed by atoms with Gasteiger partial charge in [-0.25, -0.2) is 4.79 Å². The lowest BCUT2D eigenvalue weighted by atomic mass is 9.95. The number of aliphatic imine (C=N–C) groups is 1. The molecule has 1 heterocycles. The molecule has 8 heteroatoms. The molecule has 0 amide bonds. The molecule has 1 aliphatic rings. The third-order valence-electron chi connectivity index (χ3n) is 4.45. The van der Waals surface area contributed by atoms with Gasteiger partial charge < -0.3 is 15.0 Å². The Morgan fingerprint density at radius 1 is 1.35 bits per heavy atom. The van der Waals surface area contributed by atoms with E-state index in [4.69, 9.17) is 4.74 Å². The highest BCUT2D eigenvalue weighted by Gasteiger charge is 2.41. The van der Waals surface area contributed by atoms with Gasteiger partial charge in [0.25, 0.3) is 0 Å². The van der Waals surface area contributed by atoms with Gasteiger partial charge in [0, 0.05) is 19.6 Å². The first-order valence-corrected chi connectivity index (χ1v) is 8.69. The second-order valence-corrected chi connectivity index (χ2v) is 6.10. The predicted molar refractivity (Wildman–Crippen MR) is 96.8 cm³/mol. The average Bonchev–Trinajstić information content (AvgIpc) is 2.61. The third-order valence-corrected chi connectivity index (χ3v) is 4.45. The Labute approximate surface area is 151 Å². The smallest absolute Gasteiger partial charge is 0.391 e. The standard InChI is InChI=1S/C18H24F3N3O2/c1-4-23-15-11-16(13(10-14(15)22-3)17(25)26-5-2)24-8-6-12(7-9-24)18(19,20)21/h10-12,23H,3-9H2,1-2H3. The Hall–Kier alpha value is -2.25. The zero-order valence-electron chi connectivity index (χ0n) is 15.0. The lowest BCUT2D eigenvalue weighted by Gasteiger charge is -2.35. The largest absolute Gasteiger partial charge is 0.462 e. The van der Waals surface area contributed by atoms with Gasteiger partial charge in [-0.2, -0.15) is 13.2 Å². The van der Waals surface area contributed by atoms with Crippen LogP contribution in [-0.4, -0.2) is 45.1 Å². The summed E-state index contributed by atoms with van der Waals surface area (Å²) in [4.78, 5) is 18.1. The maximum Gasteiger partial charge on any atom is 0.391 e. The van der Waals surface area contributed by atoms with Gasteiger partial charge in [-0.05, 0) is 45.5 Å². The van der Waals surface area contributed by atoms with Crippen LogP contribution in [0, 0.1) is 5.92 Å². The van der Waals surface area contributed by atoms with Crippen LogP contribution in [0.15, 0.2) is 17.1 Å². The molecule has 0 radical (unpaired) electrons. The molecule has 1 aromatic rings. The number of rotatable bonds is 6. The topological polar surface area (TPSA) is 53.9 Å². The second-order valence-electron chi connectivity index (χ2n) is 6.10. The van der Waals surface area contributed by atoms with Gasteiger partial charge in [-0.1, -0.05) is 0 Å². The molecule has 0 aromatic heterocycles. The molecule has 1 aromatic carbocycles. The van der Waals surface area contributed by atoms with E-state index in [9.17, 15) is 18.0 Å². The number of ether oxygens (including phenoxy) is 1. The molecule has 26 heavy (non-hydrogen) atoms. The van der Waals surface area contributed by atoms with E-state index in [1.165, 1.54) is 0 Å². The molecule has 0 saturated carbocycles. The van der Waals surface area contributed by atoms with E-state index in [1.807, 2.05) is 11.8 Å². The number of nitrogens with one attached hydrogen (secondary N) is 1. The molecular formula is C18H24F3N3O2. The van der Waals surface area contributed by atoms with Gasteiger partial charge in [0.2, 0.25) is 0 Å². The first kappa shape index (κ1) is 20.1. The Bertz CT molecular complexity index is 654. The second kappa shape index (κ2) is 8.42. The lowest BCUT2D eigenvalue weighted by molar-refractivity contribution is -0.179. The van der Waals surface area contributed by atoms with Crippen LogP contribution in [0.3, 0.4) is 0 Å². The molecule has 5 nitrogen and oxygen atoms in total. The normalized spacial score (nSPS) is 15.7. The zero-order chi connectivity index (χ0) is 19.3. The molecule has 2 rings (SSSR count). The van der Waals surface area contributed by atoms with Crippen LogP contribution in [0.1, 0.15) is 37.0 Å². The molecule has 0 spiro atoms. The molecule has 1 saturated heterocycles. The van der Waals surface area contributed by atoms with Crippen molar-refractivity contribution in [3.63, 3.8) is 0 Å². The highest BCUT2D eigenvalue weighted by atomic mass is 19.4. The van der Waals surface area contributed by atoms with Crippen molar-refractivity contribution >= 4 is 29.7 Å². The quantitative estimate of drug-likeness (QED) is 0.595. The maximum absolute atomic E-state index is 12.9. The maximum atomic E-state index is 12.9. The molecule has 1 aliphatic heterocycles. The Kier molecular flexibility index (Phi) is 6.50. The number of piperidine rings is 1. The highest BCUT2D eigenvalue weighted by Crippen LogP contribution is 2.39. The van der Waals surface area contributed by atoms with Crippen molar-refractivity contribution in [2.75, 3.05) is 36.5 Å². The summed E-state index contributed by atoms with van der Waals surface area (Å²) in [5.74, 6) is -1.82. The summed E-state index contributed by atoms with van der Waals surface area (Å²) in [6, 6.07) is 3.32. The Balaban J connectivity index is 2.37. The zero-order valence-corrected chi connectivity index (χ0v) is 15.0. The number of nitrogens with zero attached hydrogens (tertiary/aromatic N) is 2. The fourth-order valence-corrected chi connectivity index (χ4v) is 3.12. The summed E-state index contributed by atoms with van der Waals surface area (Å²) in [7, 11) is 0. The molecule has 1 fully saturated rings. The number of carbonyl (C=O) groups excluding carboxylic acids is 1. The molecule has 1 N–H and O–H groups in total. The number of carbonyl (C=O) groups is 1. The van der Waals surface area contributed by atoms with Crippen LogP contribution in [-0.2, 0) is 4.74 Å². The number of hydrogen-bond acceptors (Lipinski definition) is 5. The summed E-state index contributed by atoms with van der Waals surface area (Å²) in [6.45, 7) is 8.43. The number of esters is 1. The molecule has 0 atom stereocenters. The Morgan fingerprint density at radius 2 is 2.00 bits per heavy atom. The average molecular weight is 371 g/mol. The van der Waals surface area contributed by atoms with Gasteiger partial charge in [-0.3, -0.25) is 4.99 Å². The minimum Gasteiger partial charge on any atom is -0.462 e. The number of hydrogen-bond donors (Lipinski definition) is 1. The van der Waals surface area contributed by atoms with Gasteiger partial charge in [0.1, 0.15) is 0 Å². The highest BCUT2D eigenvalue weighted by molar-refractivity contribution is 5.99. The van der Waals surface area contributed by atoms with E-state index in [0.29, 0.717) is 29.2 Å². The van der Waals surface area contributed by atoms with E-state index < -0.39 is 18.1 Å². The van der Waals surface area contributed by atoms with Crippen molar-refractivity contribution in [1.82, 2.24) is 0 Å². The summed E-state index contributed by atoms with van der Waals surface area (Å²) in [6.07, 6.45) is -4.17. The van der Waals surface area contributed by atoms with Crippen LogP contribution in [0.25, 0.3) is 0 Å². The molecule has 0 aliphatic carbocycles. The summed E-state index contributed by atoms with van der Waals surface area (Å²) >= 11 is 0. The molecule has 0 bridgehead atoms. The van der Waals surface area contributed by atoms with Crippen molar-refractivity contribution in [3.05, 3.63) is 17.7 Å². The predicted octanol–water partition coefficient (Wildman–Crippen LogP) is 4.41. The first-order valence-electron chi connectivity index (χ1n) is 8.69. The number of benzene rings is 1. The SMILES string of the molecule is C=Nc1cc(C(=O)OCC)c(N2CCC(C(F)(F)F)CC2)cc1NCC. The third kappa shape index (κ3) is 4.47. The van der Waals surface area contributed by atoms with Crippen LogP contribution < -0.4 is 10.2 Å². The van der Waals surface area contributed by atoms with Crippen molar-refractivity contribution in [2.24, 2.45) is 10.9 Å². The van der Waals surface area contributed by atoms with Crippen LogP contribution in [0.2, 0.25) is 0 Å². The number of anilines is 2. The van der Waals surface area contributed by atoms with Gasteiger partial charge in [0.05, 0.1) is 35.2 Å². The van der Waals surface area contributed by atoms with Gasteiger partial charge in [0.15, 0.2) is 0 Å². The summed E-state index contributed by atoms with van der Waals surface area (Å²) in [5, 5.41) is 3.15. The number of alkyl halides is 3. The van der Waals surface area contributed by atoms with Crippen LogP contribution in [0.5, 0.6) is 0 Å². The molecule has 0 unspecified atom stereocenters. The van der Waals surface area contributed by atoms with E-state index in [1.54, 1.807) is 19.1 Å². The van der Waals surface area contributed by atoms with E-state index in [0.717, 1.165) is 0 Å². The number of halogens is 3. The lowest BCUT2D eigenvalue weighted by Crippen LogP contribution is -2.39. The van der Waals surface area contributed by atoms with E-state index >= 15 is 0 Å². The van der Waals surface area contributed by atoms with Crippen molar-refractivity contribution in [3.8, 4) is 0 Å². The first-order chi connectivity index (χ1) is 12.3. The van der Waals surface area contributed by atoms with Crippen molar-refractivity contribution in [1.29, 1.82) is 0 Å². The van der Waals surface area contributed by atoms with Crippen molar-refractivity contribution in [2.45, 2.75) is 32.9 Å². The fraction of sp³-hybridized carbons (Fsp3) is 0.556. The monoisotopic (exact) mass is 371 g/mol. The molecule has 144 valence electrons. The fourth-order valence-electron chi connectivity index (χ4n) is 3.12. The minimum atomic E-state index is -4.18. The van der Waals surface area contributed by atoms with Crippen LogP contribution >= 0.6 is 0 Å². The molecular weight excluding hydrogens is 347 g/mol.